The Bertz CT molecular complexity index is 510. The van der Waals surface area contributed by atoms with E-state index >= 15 is 0 Å². The van der Waals surface area contributed by atoms with Crippen molar-refractivity contribution >= 4 is 0 Å². The SMILES string of the molecule is CCCCCCCCCOc1cc2c(c(OC)c1C)COC(C)C2. The van der Waals surface area contributed by atoms with E-state index < -0.39 is 0 Å². The first-order valence-corrected chi connectivity index (χ1v) is 9.61. The molecule has 3 heteroatoms. The molecule has 1 aliphatic heterocycles. The summed E-state index contributed by atoms with van der Waals surface area (Å²) in [4.78, 5) is 0. The molecule has 1 aromatic carbocycles. The minimum atomic E-state index is 0.265. The van der Waals surface area contributed by atoms with Crippen LogP contribution in [0, 0.1) is 6.92 Å². The van der Waals surface area contributed by atoms with Crippen LogP contribution in [-0.2, 0) is 17.8 Å². The minimum Gasteiger partial charge on any atom is -0.496 e. The molecule has 0 spiro atoms. The zero-order valence-electron chi connectivity index (χ0n) is 16.0. The van der Waals surface area contributed by atoms with Crippen molar-refractivity contribution in [1.29, 1.82) is 0 Å². The van der Waals surface area contributed by atoms with Crippen molar-refractivity contribution in [3.63, 3.8) is 0 Å². The second kappa shape index (κ2) is 9.93. The van der Waals surface area contributed by atoms with Gasteiger partial charge in [0.15, 0.2) is 0 Å². The van der Waals surface area contributed by atoms with Crippen molar-refractivity contribution in [3.05, 3.63) is 22.8 Å². The number of methoxy groups -OCH3 is 1. The van der Waals surface area contributed by atoms with Gasteiger partial charge in [-0.15, -0.1) is 0 Å². The standard InChI is InChI=1S/C21H34O3/c1-5-6-7-8-9-10-11-12-23-20-14-18-13-16(2)24-15-19(18)21(22-4)17(20)3/h14,16H,5-13,15H2,1-4H3. The Morgan fingerprint density at radius 1 is 1.12 bits per heavy atom. The van der Waals surface area contributed by atoms with E-state index in [0.717, 1.165) is 36.5 Å². The summed E-state index contributed by atoms with van der Waals surface area (Å²) in [7, 11) is 1.74. The Morgan fingerprint density at radius 3 is 2.54 bits per heavy atom. The van der Waals surface area contributed by atoms with Gasteiger partial charge in [-0.2, -0.15) is 0 Å². The first kappa shape index (κ1) is 19.1. The number of unbranched alkanes of at least 4 members (excludes halogenated alkanes) is 6. The van der Waals surface area contributed by atoms with Gasteiger partial charge in [0.2, 0.25) is 0 Å². The van der Waals surface area contributed by atoms with Crippen molar-refractivity contribution in [2.75, 3.05) is 13.7 Å². The molecule has 2 rings (SSSR count). The molecular weight excluding hydrogens is 300 g/mol. The Balaban J connectivity index is 1.87. The number of fused-ring (bicyclic) bond motifs is 1. The van der Waals surface area contributed by atoms with E-state index in [-0.39, 0.29) is 6.10 Å². The molecule has 0 saturated heterocycles. The smallest absolute Gasteiger partial charge is 0.131 e. The summed E-state index contributed by atoms with van der Waals surface area (Å²) in [5, 5.41) is 0. The van der Waals surface area contributed by atoms with Gasteiger partial charge in [-0.3, -0.25) is 0 Å². The van der Waals surface area contributed by atoms with E-state index in [2.05, 4.69) is 26.8 Å². The van der Waals surface area contributed by atoms with Crippen LogP contribution in [0.4, 0.5) is 0 Å². The molecule has 0 amide bonds. The Hall–Kier alpha value is -1.22. The molecule has 136 valence electrons. The number of hydrogen-bond donors (Lipinski definition) is 0. The van der Waals surface area contributed by atoms with Crippen LogP contribution in [-0.4, -0.2) is 19.8 Å². The maximum absolute atomic E-state index is 6.09. The predicted molar refractivity (Wildman–Crippen MR) is 99.2 cm³/mol. The minimum absolute atomic E-state index is 0.265. The molecule has 0 fully saturated rings. The summed E-state index contributed by atoms with van der Waals surface area (Å²) in [5.74, 6) is 1.92. The van der Waals surface area contributed by atoms with Crippen LogP contribution >= 0.6 is 0 Å². The van der Waals surface area contributed by atoms with Gasteiger partial charge in [0, 0.05) is 11.1 Å². The van der Waals surface area contributed by atoms with E-state index in [1.165, 1.54) is 49.7 Å². The summed E-state index contributed by atoms with van der Waals surface area (Å²) < 4.78 is 17.5. The normalized spacial score (nSPS) is 16.8. The summed E-state index contributed by atoms with van der Waals surface area (Å²) in [5.41, 5.74) is 3.60. The molecule has 0 aliphatic carbocycles. The second-order valence-electron chi connectivity index (χ2n) is 6.97. The fraction of sp³-hybridized carbons (Fsp3) is 0.714. The molecule has 24 heavy (non-hydrogen) atoms. The third-order valence-corrected chi connectivity index (χ3v) is 4.91. The largest absolute Gasteiger partial charge is 0.496 e. The monoisotopic (exact) mass is 334 g/mol. The van der Waals surface area contributed by atoms with E-state index in [4.69, 9.17) is 14.2 Å². The van der Waals surface area contributed by atoms with Crippen LogP contribution in [0.1, 0.15) is 75.5 Å². The highest BCUT2D eigenvalue weighted by atomic mass is 16.5. The van der Waals surface area contributed by atoms with Gasteiger partial charge < -0.3 is 14.2 Å². The third-order valence-electron chi connectivity index (χ3n) is 4.91. The van der Waals surface area contributed by atoms with Crippen LogP contribution in [0.15, 0.2) is 6.07 Å². The molecule has 1 atom stereocenters. The summed E-state index contributed by atoms with van der Waals surface area (Å²) in [6.45, 7) is 7.89. The number of ether oxygens (including phenoxy) is 3. The highest BCUT2D eigenvalue weighted by Gasteiger charge is 2.23. The second-order valence-corrected chi connectivity index (χ2v) is 6.97. The molecule has 0 saturated carbocycles. The van der Waals surface area contributed by atoms with Crippen molar-refractivity contribution in [3.8, 4) is 11.5 Å². The maximum atomic E-state index is 6.09. The van der Waals surface area contributed by atoms with Crippen molar-refractivity contribution < 1.29 is 14.2 Å². The zero-order chi connectivity index (χ0) is 17.4. The Morgan fingerprint density at radius 2 is 1.83 bits per heavy atom. The lowest BCUT2D eigenvalue weighted by Crippen LogP contribution is -2.20. The molecule has 0 bridgehead atoms. The molecule has 1 aromatic rings. The quantitative estimate of drug-likeness (QED) is 0.522. The van der Waals surface area contributed by atoms with Gasteiger partial charge in [-0.25, -0.2) is 0 Å². The van der Waals surface area contributed by atoms with E-state index in [1.54, 1.807) is 7.11 Å². The molecule has 1 aliphatic rings. The fourth-order valence-electron chi connectivity index (χ4n) is 3.44. The fourth-order valence-corrected chi connectivity index (χ4v) is 3.44. The molecule has 1 heterocycles. The van der Waals surface area contributed by atoms with Crippen LogP contribution in [0.2, 0.25) is 0 Å². The van der Waals surface area contributed by atoms with Crippen LogP contribution in [0.3, 0.4) is 0 Å². The molecule has 3 nitrogen and oxygen atoms in total. The van der Waals surface area contributed by atoms with Gasteiger partial charge >= 0.3 is 0 Å². The van der Waals surface area contributed by atoms with E-state index in [1.807, 2.05) is 0 Å². The van der Waals surface area contributed by atoms with Crippen LogP contribution < -0.4 is 9.47 Å². The van der Waals surface area contributed by atoms with Crippen molar-refractivity contribution in [1.82, 2.24) is 0 Å². The first-order valence-electron chi connectivity index (χ1n) is 9.61. The summed E-state index contributed by atoms with van der Waals surface area (Å²) in [6.07, 6.45) is 10.3. The lowest BCUT2D eigenvalue weighted by molar-refractivity contribution is 0.0394. The molecule has 1 unspecified atom stereocenters. The average Bonchev–Trinajstić information content (AvgIpc) is 2.58. The van der Waals surface area contributed by atoms with Gasteiger partial charge in [0.25, 0.3) is 0 Å². The third kappa shape index (κ3) is 5.14. The lowest BCUT2D eigenvalue weighted by atomic mass is 9.95. The summed E-state index contributed by atoms with van der Waals surface area (Å²) in [6, 6.07) is 2.20. The van der Waals surface area contributed by atoms with E-state index in [0.29, 0.717) is 6.61 Å². The lowest BCUT2D eigenvalue weighted by Gasteiger charge is -2.26. The van der Waals surface area contributed by atoms with Crippen LogP contribution in [0.5, 0.6) is 11.5 Å². The number of hydrogen-bond acceptors (Lipinski definition) is 3. The molecule has 0 radical (unpaired) electrons. The van der Waals surface area contributed by atoms with Gasteiger partial charge in [-0.05, 0) is 38.3 Å². The van der Waals surface area contributed by atoms with Gasteiger partial charge in [0.1, 0.15) is 11.5 Å². The highest BCUT2D eigenvalue weighted by Crippen LogP contribution is 2.38. The van der Waals surface area contributed by atoms with Crippen molar-refractivity contribution in [2.45, 2.75) is 84.8 Å². The first-order chi connectivity index (χ1) is 11.7. The molecule has 0 aromatic heterocycles. The molecular formula is C21H34O3. The molecule has 0 N–H and O–H groups in total. The van der Waals surface area contributed by atoms with Crippen LogP contribution in [0.25, 0.3) is 0 Å². The van der Waals surface area contributed by atoms with Crippen molar-refractivity contribution in [2.24, 2.45) is 0 Å². The summed E-state index contributed by atoms with van der Waals surface area (Å²) >= 11 is 0. The predicted octanol–water partition coefficient (Wildman–Crippen LogP) is 5.59. The maximum Gasteiger partial charge on any atom is 0.131 e. The number of benzene rings is 1. The average molecular weight is 335 g/mol. The Kier molecular flexibility index (Phi) is 7.90. The van der Waals surface area contributed by atoms with E-state index in [9.17, 15) is 0 Å². The van der Waals surface area contributed by atoms with Gasteiger partial charge in [0.05, 0.1) is 26.4 Å². The van der Waals surface area contributed by atoms with Gasteiger partial charge in [-0.1, -0.05) is 45.4 Å². The zero-order valence-corrected chi connectivity index (χ0v) is 16.0. The Labute approximate surface area is 147 Å². The highest BCUT2D eigenvalue weighted by molar-refractivity contribution is 5.54. The topological polar surface area (TPSA) is 27.7 Å². The number of rotatable bonds is 10.